The predicted molar refractivity (Wildman–Crippen MR) is 94.0 cm³/mol. The Hall–Kier alpha value is -2.37. The zero-order chi connectivity index (χ0) is 17.8. The molecule has 1 saturated heterocycles. The SMILES string of the molecule is CC(NC(=O)CCCN1C(=O)CNC1=O)c1ccc2c(c1)CCCC2. The standard InChI is InChI=1S/C19H25N3O3/c1-13(15-9-8-14-5-2-3-6-16(14)11-15)21-17(23)7-4-10-22-18(24)12-20-19(22)25/h8-9,11,13H,2-7,10,12H2,1H3,(H,20,25)(H,21,23). The Morgan fingerprint density at radius 3 is 2.72 bits per heavy atom. The number of carbonyl (C=O) groups is 3. The van der Waals surface area contributed by atoms with E-state index in [4.69, 9.17) is 0 Å². The lowest BCUT2D eigenvalue weighted by Gasteiger charge is -2.20. The molecule has 0 spiro atoms. The number of carbonyl (C=O) groups excluding carboxylic acids is 3. The number of hydrogen-bond acceptors (Lipinski definition) is 3. The molecule has 1 fully saturated rings. The van der Waals surface area contributed by atoms with Crippen molar-refractivity contribution in [3.05, 3.63) is 34.9 Å². The Balaban J connectivity index is 1.47. The highest BCUT2D eigenvalue weighted by molar-refractivity contribution is 6.01. The topological polar surface area (TPSA) is 78.5 Å². The first-order chi connectivity index (χ1) is 12.0. The largest absolute Gasteiger partial charge is 0.350 e. The molecule has 134 valence electrons. The van der Waals surface area contributed by atoms with Gasteiger partial charge in [0.15, 0.2) is 0 Å². The molecule has 1 aliphatic carbocycles. The lowest BCUT2D eigenvalue weighted by atomic mass is 9.89. The van der Waals surface area contributed by atoms with Crippen molar-refractivity contribution in [1.29, 1.82) is 0 Å². The summed E-state index contributed by atoms with van der Waals surface area (Å²) in [7, 11) is 0. The zero-order valence-corrected chi connectivity index (χ0v) is 14.6. The maximum Gasteiger partial charge on any atom is 0.324 e. The van der Waals surface area contributed by atoms with E-state index in [-0.39, 0.29) is 37.0 Å². The molecule has 0 bridgehead atoms. The maximum absolute atomic E-state index is 12.1. The Labute approximate surface area is 148 Å². The van der Waals surface area contributed by atoms with Crippen molar-refractivity contribution in [3.63, 3.8) is 0 Å². The van der Waals surface area contributed by atoms with Gasteiger partial charge in [0, 0.05) is 13.0 Å². The molecule has 1 heterocycles. The van der Waals surface area contributed by atoms with Crippen LogP contribution in [0.2, 0.25) is 0 Å². The lowest BCUT2D eigenvalue weighted by Crippen LogP contribution is -2.33. The number of benzene rings is 1. The number of imide groups is 1. The number of aryl methyl sites for hydroxylation is 2. The van der Waals surface area contributed by atoms with Crippen molar-refractivity contribution in [2.45, 2.75) is 51.5 Å². The lowest BCUT2D eigenvalue weighted by molar-refractivity contribution is -0.126. The molecule has 1 atom stereocenters. The summed E-state index contributed by atoms with van der Waals surface area (Å²) in [6.45, 7) is 2.33. The second kappa shape index (κ2) is 7.68. The van der Waals surface area contributed by atoms with Crippen LogP contribution in [0.15, 0.2) is 18.2 Å². The quantitative estimate of drug-likeness (QED) is 0.776. The highest BCUT2D eigenvalue weighted by atomic mass is 16.2. The van der Waals surface area contributed by atoms with E-state index >= 15 is 0 Å². The van der Waals surface area contributed by atoms with Gasteiger partial charge in [0.2, 0.25) is 11.8 Å². The number of urea groups is 1. The number of amides is 4. The molecule has 6 heteroatoms. The van der Waals surface area contributed by atoms with E-state index in [0.29, 0.717) is 12.8 Å². The Morgan fingerprint density at radius 2 is 2.00 bits per heavy atom. The van der Waals surface area contributed by atoms with Crippen molar-refractivity contribution >= 4 is 17.8 Å². The summed E-state index contributed by atoms with van der Waals surface area (Å²) in [6, 6.07) is 6.09. The Morgan fingerprint density at radius 1 is 1.24 bits per heavy atom. The van der Waals surface area contributed by atoms with Crippen LogP contribution in [-0.4, -0.2) is 35.8 Å². The monoisotopic (exact) mass is 343 g/mol. The third-order valence-corrected chi connectivity index (χ3v) is 4.97. The fourth-order valence-electron chi connectivity index (χ4n) is 3.50. The van der Waals surface area contributed by atoms with Crippen LogP contribution in [-0.2, 0) is 22.4 Å². The van der Waals surface area contributed by atoms with Gasteiger partial charge in [0.25, 0.3) is 0 Å². The van der Waals surface area contributed by atoms with Crippen molar-refractivity contribution in [2.24, 2.45) is 0 Å². The van der Waals surface area contributed by atoms with Crippen LogP contribution in [0.5, 0.6) is 0 Å². The zero-order valence-electron chi connectivity index (χ0n) is 14.6. The van der Waals surface area contributed by atoms with E-state index in [0.717, 1.165) is 18.4 Å². The molecule has 0 aromatic heterocycles. The summed E-state index contributed by atoms with van der Waals surface area (Å²) in [4.78, 5) is 36.2. The van der Waals surface area contributed by atoms with Crippen LogP contribution in [0.4, 0.5) is 4.79 Å². The van der Waals surface area contributed by atoms with Gasteiger partial charge in [-0.25, -0.2) is 4.79 Å². The molecular formula is C19H25N3O3. The van der Waals surface area contributed by atoms with Crippen LogP contribution in [0.1, 0.15) is 55.3 Å². The minimum absolute atomic E-state index is 0.0450. The number of nitrogens with one attached hydrogen (secondary N) is 2. The van der Waals surface area contributed by atoms with E-state index in [2.05, 4.69) is 28.8 Å². The molecule has 3 rings (SSSR count). The molecule has 1 aliphatic heterocycles. The van der Waals surface area contributed by atoms with Crippen LogP contribution in [0, 0.1) is 0 Å². The van der Waals surface area contributed by atoms with Gasteiger partial charge in [-0.05, 0) is 55.7 Å². The van der Waals surface area contributed by atoms with E-state index in [9.17, 15) is 14.4 Å². The molecule has 0 radical (unpaired) electrons. The second-order valence-corrected chi connectivity index (χ2v) is 6.83. The van der Waals surface area contributed by atoms with E-state index < -0.39 is 0 Å². The highest BCUT2D eigenvalue weighted by Crippen LogP contribution is 2.24. The van der Waals surface area contributed by atoms with Gasteiger partial charge in [-0.15, -0.1) is 0 Å². The van der Waals surface area contributed by atoms with Gasteiger partial charge in [-0.3, -0.25) is 14.5 Å². The first-order valence-electron chi connectivity index (χ1n) is 9.04. The second-order valence-electron chi connectivity index (χ2n) is 6.83. The van der Waals surface area contributed by atoms with Gasteiger partial charge in [-0.2, -0.15) is 0 Å². The van der Waals surface area contributed by atoms with Crippen LogP contribution >= 0.6 is 0 Å². The van der Waals surface area contributed by atoms with Gasteiger partial charge in [0.05, 0.1) is 12.6 Å². The molecule has 2 N–H and O–H groups in total. The van der Waals surface area contributed by atoms with E-state index in [1.54, 1.807) is 0 Å². The van der Waals surface area contributed by atoms with Crippen LogP contribution < -0.4 is 10.6 Å². The van der Waals surface area contributed by atoms with Crippen molar-refractivity contribution in [1.82, 2.24) is 15.5 Å². The predicted octanol–water partition coefficient (Wildman–Crippen LogP) is 2.07. The molecule has 1 aromatic carbocycles. The minimum Gasteiger partial charge on any atom is -0.350 e. The van der Waals surface area contributed by atoms with Crippen molar-refractivity contribution in [3.8, 4) is 0 Å². The van der Waals surface area contributed by atoms with Gasteiger partial charge in [0.1, 0.15) is 0 Å². The minimum atomic E-state index is -0.368. The maximum atomic E-state index is 12.1. The summed E-state index contributed by atoms with van der Waals surface area (Å²) < 4.78 is 0. The average molecular weight is 343 g/mol. The normalized spacial score (nSPS) is 17.9. The van der Waals surface area contributed by atoms with Gasteiger partial charge in [-0.1, -0.05) is 18.2 Å². The first kappa shape index (κ1) is 17.5. The highest BCUT2D eigenvalue weighted by Gasteiger charge is 2.27. The number of nitrogens with zero attached hydrogens (tertiary/aromatic N) is 1. The van der Waals surface area contributed by atoms with Crippen molar-refractivity contribution in [2.75, 3.05) is 13.1 Å². The summed E-state index contributed by atoms with van der Waals surface area (Å²) in [5.41, 5.74) is 3.97. The van der Waals surface area contributed by atoms with Crippen LogP contribution in [0.25, 0.3) is 0 Å². The number of fused-ring (bicyclic) bond motifs is 1. The van der Waals surface area contributed by atoms with Gasteiger partial charge >= 0.3 is 6.03 Å². The fourth-order valence-corrected chi connectivity index (χ4v) is 3.50. The third kappa shape index (κ3) is 4.18. The molecular weight excluding hydrogens is 318 g/mol. The smallest absolute Gasteiger partial charge is 0.324 e. The van der Waals surface area contributed by atoms with E-state index in [1.165, 1.54) is 28.9 Å². The summed E-state index contributed by atoms with van der Waals surface area (Å²) in [5.74, 6) is -0.287. The molecule has 2 aliphatic rings. The number of rotatable bonds is 6. The Kier molecular flexibility index (Phi) is 5.36. The molecule has 25 heavy (non-hydrogen) atoms. The summed E-state index contributed by atoms with van der Waals surface area (Å²) >= 11 is 0. The van der Waals surface area contributed by atoms with Gasteiger partial charge < -0.3 is 10.6 Å². The fraction of sp³-hybridized carbons (Fsp3) is 0.526. The number of hydrogen-bond donors (Lipinski definition) is 2. The molecule has 1 aromatic rings. The molecule has 0 saturated carbocycles. The van der Waals surface area contributed by atoms with E-state index in [1.807, 2.05) is 6.92 Å². The first-order valence-corrected chi connectivity index (χ1v) is 9.04. The molecule has 6 nitrogen and oxygen atoms in total. The molecule has 1 unspecified atom stereocenters. The molecule has 4 amide bonds. The average Bonchev–Trinajstić information content (AvgIpc) is 2.93. The van der Waals surface area contributed by atoms with Crippen molar-refractivity contribution < 1.29 is 14.4 Å². The Bertz CT molecular complexity index is 670. The third-order valence-electron chi connectivity index (χ3n) is 4.97. The summed E-state index contributed by atoms with van der Waals surface area (Å²) in [5, 5.41) is 5.48. The summed E-state index contributed by atoms with van der Waals surface area (Å²) in [6.07, 6.45) is 5.54. The van der Waals surface area contributed by atoms with Crippen LogP contribution in [0.3, 0.4) is 0 Å².